The summed E-state index contributed by atoms with van der Waals surface area (Å²) in [6.45, 7) is 2.80. The molecule has 0 aliphatic heterocycles. The molecule has 0 aliphatic carbocycles. The van der Waals surface area contributed by atoms with Crippen LogP contribution in [0.4, 0.5) is 0 Å². The minimum Gasteiger partial charge on any atom is -0.350 e. The first-order chi connectivity index (χ1) is 8.69. The summed E-state index contributed by atoms with van der Waals surface area (Å²) >= 11 is 0. The molecule has 1 heterocycles. The highest BCUT2D eigenvalue weighted by Crippen LogP contribution is 2.23. The van der Waals surface area contributed by atoms with E-state index in [-0.39, 0.29) is 11.7 Å². The highest BCUT2D eigenvalue weighted by atomic mass is 16.1. The van der Waals surface area contributed by atoms with Gasteiger partial charge in [0.25, 0.3) is 0 Å². The maximum Gasteiger partial charge on any atom is 0.169 e. The van der Waals surface area contributed by atoms with E-state index < -0.39 is 0 Å². The molecule has 1 aromatic carbocycles. The van der Waals surface area contributed by atoms with Crippen LogP contribution in [0.5, 0.6) is 0 Å². The van der Waals surface area contributed by atoms with Crippen LogP contribution in [0.3, 0.4) is 0 Å². The summed E-state index contributed by atoms with van der Waals surface area (Å²) in [4.78, 5) is 12.5. The number of carbonyl (C=O) groups is 1. The fourth-order valence-corrected chi connectivity index (χ4v) is 2.43. The Balaban J connectivity index is 2.44. The number of rotatable bonds is 5. The Morgan fingerprint density at radius 1 is 1.39 bits per heavy atom. The van der Waals surface area contributed by atoms with Crippen molar-refractivity contribution in [2.45, 2.75) is 13.3 Å². The van der Waals surface area contributed by atoms with Gasteiger partial charge in [0.1, 0.15) is 0 Å². The van der Waals surface area contributed by atoms with Crippen LogP contribution < -0.4 is 5.32 Å². The number of hydrogen-bond donors (Lipinski definition) is 1. The normalized spacial score (nSPS) is 12.8. The van der Waals surface area contributed by atoms with E-state index in [0.29, 0.717) is 0 Å². The minimum absolute atomic E-state index is 0.0563. The summed E-state index contributed by atoms with van der Waals surface area (Å²) in [5.41, 5.74) is 1.95. The Bertz CT molecular complexity index is 557. The summed E-state index contributed by atoms with van der Waals surface area (Å²) in [7, 11) is 3.87. The van der Waals surface area contributed by atoms with Crippen LogP contribution in [0.2, 0.25) is 0 Å². The zero-order valence-corrected chi connectivity index (χ0v) is 11.2. The molecule has 18 heavy (non-hydrogen) atoms. The van der Waals surface area contributed by atoms with Gasteiger partial charge in [0.2, 0.25) is 0 Å². The molecule has 0 spiro atoms. The van der Waals surface area contributed by atoms with E-state index in [1.807, 2.05) is 49.1 Å². The zero-order chi connectivity index (χ0) is 13.1. The molecule has 2 aromatic rings. The van der Waals surface area contributed by atoms with Crippen molar-refractivity contribution in [3.05, 3.63) is 36.0 Å². The van der Waals surface area contributed by atoms with Crippen LogP contribution in [-0.2, 0) is 7.05 Å². The smallest absolute Gasteiger partial charge is 0.169 e. The van der Waals surface area contributed by atoms with Crippen molar-refractivity contribution in [1.82, 2.24) is 9.88 Å². The van der Waals surface area contributed by atoms with Crippen molar-refractivity contribution in [1.29, 1.82) is 0 Å². The summed E-state index contributed by atoms with van der Waals surface area (Å²) in [5.74, 6) is 0.296. The van der Waals surface area contributed by atoms with Crippen molar-refractivity contribution in [3.63, 3.8) is 0 Å². The molecule has 0 saturated heterocycles. The Kier molecular flexibility index (Phi) is 3.82. The lowest BCUT2D eigenvalue weighted by molar-refractivity contribution is 0.0918. The summed E-state index contributed by atoms with van der Waals surface area (Å²) < 4.78 is 2.02. The Morgan fingerprint density at radius 3 is 2.78 bits per heavy atom. The van der Waals surface area contributed by atoms with Gasteiger partial charge in [0.15, 0.2) is 5.78 Å². The molecule has 0 radical (unpaired) electrons. The summed E-state index contributed by atoms with van der Waals surface area (Å²) in [5, 5.41) is 4.15. The number of ketones is 1. The van der Waals surface area contributed by atoms with E-state index in [1.165, 1.54) is 0 Å². The quantitative estimate of drug-likeness (QED) is 0.820. The molecule has 0 fully saturated rings. The zero-order valence-electron chi connectivity index (χ0n) is 11.2. The van der Waals surface area contributed by atoms with Gasteiger partial charge in [-0.1, -0.05) is 25.1 Å². The number of aromatic nitrogens is 1. The first-order valence-corrected chi connectivity index (χ1v) is 6.42. The van der Waals surface area contributed by atoms with Gasteiger partial charge in [-0.25, -0.2) is 0 Å². The monoisotopic (exact) mass is 244 g/mol. The van der Waals surface area contributed by atoms with Crippen LogP contribution in [0.25, 0.3) is 10.9 Å². The van der Waals surface area contributed by atoms with Gasteiger partial charge in [-0.2, -0.15) is 0 Å². The van der Waals surface area contributed by atoms with Gasteiger partial charge in [-0.15, -0.1) is 0 Å². The number of carbonyl (C=O) groups excluding carboxylic acids is 1. The van der Waals surface area contributed by atoms with Gasteiger partial charge in [0, 0.05) is 42.2 Å². The third-order valence-electron chi connectivity index (χ3n) is 3.48. The SMILES string of the molecule is CCC(CNC)C(=O)c1cn(C)c2ccccc12. The molecule has 1 atom stereocenters. The molecule has 1 aromatic heterocycles. The average molecular weight is 244 g/mol. The number of hydrogen-bond acceptors (Lipinski definition) is 2. The molecule has 3 heteroatoms. The van der Waals surface area contributed by atoms with Gasteiger partial charge in [0.05, 0.1) is 0 Å². The Morgan fingerprint density at radius 2 is 2.11 bits per heavy atom. The van der Waals surface area contributed by atoms with Crippen LogP contribution in [0, 0.1) is 5.92 Å². The van der Waals surface area contributed by atoms with E-state index in [9.17, 15) is 4.79 Å². The minimum atomic E-state index is 0.0563. The second-order valence-electron chi connectivity index (χ2n) is 4.70. The van der Waals surface area contributed by atoms with E-state index in [2.05, 4.69) is 12.2 Å². The maximum atomic E-state index is 12.5. The Labute approximate surface area is 108 Å². The third kappa shape index (κ3) is 2.18. The van der Waals surface area contributed by atoms with Crippen molar-refractivity contribution in [2.75, 3.05) is 13.6 Å². The number of nitrogens with one attached hydrogen (secondary N) is 1. The molecule has 96 valence electrons. The van der Waals surface area contributed by atoms with Gasteiger partial charge in [-0.3, -0.25) is 4.79 Å². The second kappa shape index (κ2) is 5.36. The lowest BCUT2D eigenvalue weighted by Gasteiger charge is -2.12. The van der Waals surface area contributed by atoms with E-state index in [1.54, 1.807) is 0 Å². The molecule has 0 saturated carbocycles. The molecule has 1 unspecified atom stereocenters. The van der Waals surface area contributed by atoms with Crippen LogP contribution in [0.15, 0.2) is 30.5 Å². The first-order valence-electron chi connectivity index (χ1n) is 6.42. The topological polar surface area (TPSA) is 34.0 Å². The largest absolute Gasteiger partial charge is 0.350 e. The predicted octanol–water partition coefficient (Wildman–Crippen LogP) is 2.61. The molecule has 2 rings (SSSR count). The molecule has 0 aliphatic rings. The summed E-state index contributed by atoms with van der Waals surface area (Å²) in [6, 6.07) is 8.05. The highest BCUT2D eigenvalue weighted by molar-refractivity contribution is 6.09. The molecular formula is C15H20N2O. The fraction of sp³-hybridized carbons (Fsp3) is 0.400. The lowest BCUT2D eigenvalue weighted by Crippen LogP contribution is -2.25. The number of benzene rings is 1. The van der Waals surface area contributed by atoms with Gasteiger partial charge >= 0.3 is 0 Å². The third-order valence-corrected chi connectivity index (χ3v) is 3.48. The van der Waals surface area contributed by atoms with Crippen molar-refractivity contribution in [2.24, 2.45) is 13.0 Å². The van der Waals surface area contributed by atoms with Crippen molar-refractivity contribution in [3.8, 4) is 0 Å². The Hall–Kier alpha value is -1.61. The fourth-order valence-electron chi connectivity index (χ4n) is 2.43. The number of para-hydroxylation sites is 1. The second-order valence-corrected chi connectivity index (χ2v) is 4.70. The molecule has 3 nitrogen and oxygen atoms in total. The van der Waals surface area contributed by atoms with Crippen LogP contribution in [-0.4, -0.2) is 23.9 Å². The molecular weight excluding hydrogens is 224 g/mol. The number of Topliss-reactive ketones (excluding diaryl/α,β-unsaturated/α-hetero) is 1. The predicted molar refractivity (Wildman–Crippen MR) is 75.0 cm³/mol. The van der Waals surface area contributed by atoms with Crippen molar-refractivity contribution < 1.29 is 4.79 Å². The average Bonchev–Trinajstić information content (AvgIpc) is 2.73. The first kappa shape index (κ1) is 12.8. The van der Waals surface area contributed by atoms with E-state index in [4.69, 9.17) is 0 Å². The van der Waals surface area contributed by atoms with Crippen LogP contribution in [0.1, 0.15) is 23.7 Å². The van der Waals surface area contributed by atoms with Gasteiger partial charge < -0.3 is 9.88 Å². The maximum absolute atomic E-state index is 12.5. The number of aryl methyl sites for hydroxylation is 1. The number of fused-ring (bicyclic) bond motifs is 1. The highest BCUT2D eigenvalue weighted by Gasteiger charge is 2.21. The molecule has 0 amide bonds. The van der Waals surface area contributed by atoms with Crippen molar-refractivity contribution >= 4 is 16.7 Å². The standard InChI is InChI=1S/C15H20N2O/c1-4-11(9-16-2)15(18)13-10-17(3)14-8-6-5-7-12(13)14/h5-8,10-11,16H,4,9H2,1-3H3. The van der Waals surface area contributed by atoms with Crippen LogP contribution >= 0.6 is 0 Å². The summed E-state index contributed by atoms with van der Waals surface area (Å²) in [6.07, 6.45) is 2.81. The van der Waals surface area contributed by atoms with E-state index >= 15 is 0 Å². The number of nitrogens with zero attached hydrogens (tertiary/aromatic N) is 1. The molecule has 0 bridgehead atoms. The lowest BCUT2D eigenvalue weighted by atomic mass is 9.95. The van der Waals surface area contributed by atoms with E-state index in [0.717, 1.165) is 29.4 Å². The van der Waals surface area contributed by atoms with Gasteiger partial charge in [-0.05, 0) is 19.5 Å². The molecule has 1 N–H and O–H groups in total.